The Balaban J connectivity index is 1.53. The third-order valence-corrected chi connectivity index (χ3v) is 4.63. The molecule has 1 aliphatic rings. The van der Waals surface area contributed by atoms with Crippen molar-refractivity contribution in [1.29, 1.82) is 0 Å². The molecule has 23 heavy (non-hydrogen) atoms. The van der Waals surface area contributed by atoms with Gasteiger partial charge in [-0.1, -0.05) is 54.1 Å². The number of pyridine rings is 1. The van der Waals surface area contributed by atoms with Crippen LogP contribution in [-0.2, 0) is 0 Å². The summed E-state index contributed by atoms with van der Waals surface area (Å²) in [6.07, 6.45) is 1.10. The Morgan fingerprint density at radius 2 is 1.83 bits per heavy atom. The molecular formula is C19H18ClN3. The first-order valence-corrected chi connectivity index (χ1v) is 8.29. The highest BCUT2D eigenvalue weighted by Crippen LogP contribution is 2.28. The maximum atomic E-state index is 6.35. The molecule has 2 aromatic carbocycles. The first kappa shape index (κ1) is 14.3. The molecule has 0 spiro atoms. The minimum Gasteiger partial charge on any atom is -0.380 e. The molecule has 1 aromatic heterocycles. The molecule has 1 saturated heterocycles. The molecule has 1 atom stereocenters. The van der Waals surface area contributed by atoms with Crippen molar-refractivity contribution in [3.05, 3.63) is 65.8 Å². The standard InChI is InChI=1S/C19H18ClN3/c20-19-17-9-5-4-6-14(17)12-18(22-19)23-11-10-16(13-23)21-15-7-2-1-3-8-15/h1-9,12,16,21H,10-11,13H2. The summed E-state index contributed by atoms with van der Waals surface area (Å²) in [6, 6.07) is 21.0. The lowest BCUT2D eigenvalue weighted by Gasteiger charge is -2.19. The van der Waals surface area contributed by atoms with E-state index >= 15 is 0 Å². The molecule has 3 nitrogen and oxygen atoms in total. The number of benzene rings is 2. The van der Waals surface area contributed by atoms with Crippen molar-refractivity contribution in [1.82, 2.24) is 4.98 Å². The average Bonchev–Trinajstić information content (AvgIpc) is 3.04. The van der Waals surface area contributed by atoms with E-state index in [-0.39, 0.29) is 0 Å². The van der Waals surface area contributed by atoms with Gasteiger partial charge in [0.1, 0.15) is 11.0 Å². The average molecular weight is 324 g/mol. The predicted molar refractivity (Wildman–Crippen MR) is 97.4 cm³/mol. The van der Waals surface area contributed by atoms with Gasteiger partial charge >= 0.3 is 0 Å². The van der Waals surface area contributed by atoms with Gasteiger partial charge in [-0.15, -0.1) is 0 Å². The van der Waals surface area contributed by atoms with Crippen LogP contribution in [0.25, 0.3) is 10.8 Å². The van der Waals surface area contributed by atoms with Gasteiger partial charge in [0, 0.05) is 30.2 Å². The number of aromatic nitrogens is 1. The molecule has 0 bridgehead atoms. The molecule has 1 fully saturated rings. The highest BCUT2D eigenvalue weighted by molar-refractivity contribution is 6.34. The zero-order chi connectivity index (χ0) is 15.6. The maximum Gasteiger partial charge on any atom is 0.139 e. The van der Waals surface area contributed by atoms with Crippen molar-refractivity contribution >= 4 is 33.9 Å². The lowest BCUT2D eigenvalue weighted by molar-refractivity contribution is 0.806. The fourth-order valence-electron chi connectivity index (χ4n) is 3.16. The summed E-state index contributed by atoms with van der Waals surface area (Å²) in [7, 11) is 0. The van der Waals surface area contributed by atoms with Crippen molar-refractivity contribution in [3.63, 3.8) is 0 Å². The summed E-state index contributed by atoms with van der Waals surface area (Å²) < 4.78 is 0. The number of nitrogens with zero attached hydrogens (tertiary/aromatic N) is 2. The number of nitrogens with one attached hydrogen (secondary N) is 1. The van der Waals surface area contributed by atoms with Crippen LogP contribution in [0.4, 0.5) is 11.5 Å². The van der Waals surface area contributed by atoms with E-state index in [0.29, 0.717) is 11.2 Å². The summed E-state index contributed by atoms with van der Waals surface area (Å²) >= 11 is 6.35. The van der Waals surface area contributed by atoms with E-state index < -0.39 is 0 Å². The van der Waals surface area contributed by atoms with Crippen LogP contribution in [0.2, 0.25) is 5.15 Å². The number of anilines is 2. The Kier molecular flexibility index (Phi) is 3.80. The van der Waals surface area contributed by atoms with Gasteiger partial charge in [0.15, 0.2) is 0 Å². The van der Waals surface area contributed by atoms with Crippen LogP contribution in [-0.4, -0.2) is 24.1 Å². The van der Waals surface area contributed by atoms with E-state index in [1.807, 2.05) is 24.3 Å². The van der Waals surface area contributed by atoms with Crippen LogP contribution in [0.15, 0.2) is 60.7 Å². The number of halogens is 1. The number of hydrogen-bond acceptors (Lipinski definition) is 3. The minimum atomic E-state index is 0.435. The molecule has 3 aromatic rings. The summed E-state index contributed by atoms with van der Waals surface area (Å²) in [4.78, 5) is 6.89. The van der Waals surface area contributed by atoms with Gasteiger partial charge in [0.25, 0.3) is 0 Å². The second kappa shape index (κ2) is 6.09. The molecule has 1 unspecified atom stereocenters. The van der Waals surface area contributed by atoms with Gasteiger partial charge < -0.3 is 10.2 Å². The molecule has 4 heteroatoms. The Morgan fingerprint density at radius 3 is 2.70 bits per heavy atom. The highest BCUT2D eigenvalue weighted by Gasteiger charge is 2.24. The van der Waals surface area contributed by atoms with Crippen LogP contribution >= 0.6 is 11.6 Å². The van der Waals surface area contributed by atoms with Gasteiger partial charge in [0.2, 0.25) is 0 Å². The van der Waals surface area contributed by atoms with E-state index in [4.69, 9.17) is 11.6 Å². The molecule has 2 heterocycles. The summed E-state index contributed by atoms with van der Waals surface area (Å²) in [5.74, 6) is 0.964. The van der Waals surface area contributed by atoms with E-state index in [9.17, 15) is 0 Å². The quantitative estimate of drug-likeness (QED) is 0.715. The molecule has 0 amide bonds. The molecule has 0 aliphatic carbocycles. The zero-order valence-electron chi connectivity index (χ0n) is 12.7. The van der Waals surface area contributed by atoms with Crippen LogP contribution < -0.4 is 10.2 Å². The predicted octanol–water partition coefficient (Wildman–Crippen LogP) is 4.58. The largest absolute Gasteiger partial charge is 0.380 e. The molecule has 1 aliphatic heterocycles. The van der Waals surface area contributed by atoms with Gasteiger partial charge in [0.05, 0.1) is 0 Å². The normalized spacial score (nSPS) is 17.6. The zero-order valence-corrected chi connectivity index (χ0v) is 13.5. The smallest absolute Gasteiger partial charge is 0.139 e. The molecule has 116 valence electrons. The van der Waals surface area contributed by atoms with Gasteiger partial charge in [-0.25, -0.2) is 4.98 Å². The second-order valence-electron chi connectivity index (χ2n) is 5.93. The second-order valence-corrected chi connectivity index (χ2v) is 6.29. The Morgan fingerprint density at radius 1 is 1.04 bits per heavy atom. The van der Waals surface area contributed by atoms with Crippen molar-refractivity contribution < 1.29 is 0 Å². The fourth-order valence-corrected chi connectivity index (χ4v) is 3.42. The Labute approximate surface area is 140 Å². The van der Waals surface area contributed by atoms with E-state index in [1.165, 1.54) is 5.69 Å². The van der Waals surface area contributed by atoms with Gasteiger partial charge in [-0.2, -0.15) is 0 Å². The topological polar surface area (TPSA) is 28.2 Å². The summed E-state index contributed by atoms with van der Waals surface area (Å²) in [5, 5.41) is 6.32. The summed E-state index contributed by atoms with van der Waals surface area (Å²) in [6.45, 7) is 1.93. The number of rotatable bonds is 3. The van der Waals surface area contributed by atoms with Gasteiger partial charge in [-0.3, -0.25) is 0 Å². The van der Waals surface area contributed by atoms with Crippen LogP contribution in [0, 0.1) is 0 Å². The van der Waals surface area contributed by atoms with Crippen molar-refractivity contribution in [3.8, 4) is 0 Å². The molecular weight excluding hydrogens is 306 g/mol. The first-order valence-electron chi connectivity index (χ1n) is 7.91. The van der Waals surface area contributed by atoms with Crippen molar-refractivity contribution in [2.75, 3.05) is 23.3 Å². The van der Waals surface area contributed by atoms with E-state index in [2.05, 4.69) is 51.6 Å². The third kappa shape index (κ3) is 2.97. The maximum absolute atomic E-state index is 6.35. The van der Waals surface area contributed by atoms with Crippen LogP contribution in [0.1, 0.15) is 6.42 Å². The SMILES string of the molecule is Clc1nc(N2CCC(Nc3ccccc3)C2)cc2ccccc12. The lowest BCUT2D eigenvalue weighted by atomic mass is 10.2. The van der Waals surface area contributed by atoms with E-state index in [1.54, 1.807) is 0 Å². The summed E-state index contributed by atoms with van der Waals surface area (Å²) in [5.41, 5.74) is 1.17. The minimum absolute atomic E-state index is 0.435. The number of fused-ring (bicyclic) bond motifs is 1. The molecule has 0 radical (unpaired) electrons. The van der Waals surface area contributed by atoms with Crippen LogP contribution in [0.3, 0.4) is 0 Å². The lowest BCUT2D eigenvalue weighted by Crippen LogP contribution is -2.26. The van der Waals surface area contributed by atoms with Gasteiger partial charge in [-0.05, 0) is 30.0 Å². The Bertz CT molecular complexity index is 819. The molecule has 0 saturated carbocycles. The van der Waals surface area contributed by atoms with Crippen molar-refractivity contribution in [2.45, 2.75) is 12.5 Å². The monoisotopic (exact) mass is 323 g/mol. The highest BCUT2D eigenvalue weighted by atomic mass is 35.5. The van der Waals surface area contributed by atoms with E-state index in [0.717, 1.165) is 36.1 Å². The third-order valence-electron chi connectivity index (χ3n) is 4.34. The van der Waals surface area contributed by atoms with Crippen molar-refractivity contribution in [2.24, 2.45) is 0 Å². The number of para-hydroxylation sites is 1. The van der Waals surface area contributed by atoms with Crippen LogP contribution in [0.5, 0.6) is 0 Å². The molecule has 1 N–H and O–H groups in total. The Hall–Kier alpha value is -2.26. The molecule has 4 rings (SSSR count). The first-order chi connectivity index (χ1) is 11.3. The fraction of sp³-hybridized carbons (Fsp3) is 0.211. The number of hydrogen-bond donors (Lipinski definition) is 1.